The summed E-state index contributed by atoms with van der Waals surface area (Å²) in [7, 11) is 0. The zero-order valence-corrected chi connectivity index (χ0v) is 10.6. The van der Waals surface area contributed by atoms with Crippen molar-refractivity contribution in [2.75, 3.05) is 11.9 Å². The van der Waals surface area contributed by atoms with Crippen molar-refractivity contribution in [3.63, 3.8) is 0 Å². The van der Waals surface area contributed by atoms with Crippen LogP contribution in [0.5, 0.6) is 11.5 Å². The second-order valence-corrected chi connectivity index (χ2v) is 4.49. The molecular weight excluding hydrogens is 264 g/mol. The number of benzene rings is 2. The number of halogens is 2. The van der Waals surface area contributed by atoms with E-state index in [1.54, 1.807) is 6.07 Å². The fourth-order valence-electron chi connectivity index (χ4n) is 2.05. The summed E-state index contributed by atoms with van der Waals surface area (Å²) in [4.78, 5) is 0. The van der Waals surface area contributed by atoms with Gasteiger partial charge in [0.15, 0.2) is 11.5 Å². The van der Waals surface area contributed by atoms with Crippen LogP contribution in [0, 0.1) is 0 Å². The molecule has 0 saturated carbocycles. The molecule has 0 bridgehead atoms. The summed E-state index contributed by atoms with van der Waals surface area (Å²) in [6, 6.07) is 14.7. The number of hydrogen-bond acceptors (Lipinski definition) is 3. The number of hydrogen-bond donors (Lipinski definition) is 1. The Morgan fingerprint density at radius 2 is 1.70 bits per heavy atom. The molecule has 1 heterocycles. The lowest BCUT2D eigenvalue weighted by atomic mass is 10.1. The number of anilines is 1. The largest absolute Gasteiger partial charge is 0.586 e. The van der Waals surface area contributed by atoms with Crippen molar-refractivity contribution in [1.29, 1.82) is 0 Å². The van der Waals surface area contributed by atoms with Gasteiger partial charge in [-0.2, -0.15) is 0 Å². The summed E-state index contributed by atoms with van der Waals surface area (Å²) in [5.74, 6) is 0.114. The summed E-state index contributed by atoms with van der Waals surface area (Å²) < 4.78 is 34.5. The first-order valence-corrected chi connectivity index (χ1v) is 6.30. The average molecular weight is 277 g/mol. The highest BCUT2D eigenvalue weighted by atomic mass is 19.3. The molecule has 104 valence electrons. The van der Waals surface area contributed by atoms with E-state index in [9.17, 15) is 8.78 Å². The van der Waals surface area contributed by atoms with Crippen LogP contribution in [-0.4, -0.2) is 12.8 Å². The Kier molecular flexibility index (Phi) is 3.18. The highest BCUT2D eigenvalue weighted by molar-refractivity contribution is 5.56. The van der Waals surface area contributed by atoms with Crippen molar-refractivity contribution >= 4 is 5.69 Å². The third-order valence-electron chi connectivity index (χ3n) is 2.99. The van der Waals surface area contributed by atoms with Crippen molar-refractivity contribution < 1.29 is 18.3 Å². The van der Waals surface area contributed by atoms with Crippen molar-refractivity contribution in [3.8, 4) is 11.5 Å². The lowest BCUT2D eigenvalue weighted by Gasteiger charge is -2.07. The van der Waals surface area contributed by atoms with Gasteiger partial charge in [-0.15, -0.1) is 8.78 Å². The molecule has 0 spiro atoms. The third-order valence-corrected chi connectivity index (χ3v) is 2.99. The lowest BCUT2D eigenvalue weighted by Crippen LogP contribution is -2.25. The molecule has 0 radical (unpaired) electrons. The topological polar surface area (TPSA) is 30.5 Å². The molecule has 3 nitrogen and oxygen atoms in total. The minimum atomic E-state index is -3.56. The van der Waals surface area contributed by atoms with Crippen LogP contribution >= 0.6 is 0 Å². The Bertz CT molecular complexity index is 602. The summed E-state index contributed by atoms with van der Waals surface area (Å²) >= 11 is 0. The summed E-state index contributed by atoms with van der Waals surface area (Å²) in [5, 5.41) is 3.17. The molecule has 0 fully saturated rings. The number of fused-ring (bicyclic) bond motifs is 1. The van der Waals surface area contributed by atoms with Crippen molar-refractivity contribution in [2.45, 2.75) is 12.7 Å². The molecule has 1 aliphatic heterocycles. The van der Waals surface area contributed by atoms with Crippen LogP contribution in [-0.2, 0) is 6.42 Å². The predicted molar refractivity (Wildman–Crippen MR) is 71.3 cm³/mol. The minimum absolute atomic E-state index is 0.0553. The van der Waals surface area contributed by atoms with Gasteiger partial charge in [0.05, 0.1) is 0 Å². The minimum Gasteiger partial charge on any atom is -0.395 e. The van der Waals surface area contributed by atoms with Gasteiger partial charge in [-0.3, -0.25) is 0 Å². The highest BCUT2D eigenvalue weighted by Crippen LogP contribution is 2.42. The Hall–Kier alpha value is -2.30. The van der Waals surface area contributed by atoms with Crippen LogP contribution in [0.2, 0.25) is 0 Å². The van der Waals surface area contributed by atoms with Crippen LogP contribution in [0.15, 0.2) is 48.5 Å². The van der Waals surface area contributed by atoms with E-state index in [0.717, 1.165) is 12.1 Å². The van der Waals surface area contributed by atoms with Gasteiger partial charge in [0.1, 0.15) is 0 Å². The maximum atomic E-state index is 12.9. The molecule has 0 amide bonds. The molecule has 3 rings (SSSR count). The molecule has 5 heteroatoms. The standard InChI is InChI=1S/C15H13F2NO2/c16-15(17)19-13-7-6-12(10-14(13)20-15)18-9-8-11-4-2-1-3-5-11/h1-7,10,18H,8-9H2. The average Bonchev–Trinajstić information content (AvgIpc) is 2.73. The summed E-state index contributed by atoms with van der Waals surface area (Å²) in [5.41, 5.74) is 1.94. The monoisotopic (exact) mass is 277 g/mol. The molecule has 2 aromatic rings. The van der Waals surface area contributed by atoms with Crippen LogP contribution in [0.4, 0.5) is 14.5 Å². The van der Waals surface area contributed by atoms with E-state index in [1.807, 2.05) is 30.3 Å². The van der Waals surface area contributed by atoms with Gasteiger partial charge in [-0.25, -0.2) is 0 Å². The fraction of sp³-hybridized carbons (Fsp3) is 0.200. The van der Waals surface area contributed by atoms with E-state index < -0.39 is 6.29 Å². The quantitative estimate of drug-likeness (QED) is 0.925. The molecule has 0 unspecified atom stereocenters. The number of alkyl halides is 2. The molecule has 0 aromatic heterocycles. The second-order valence-electron chi connectivity index (χ2n) is 4.49. The van der Waals surface area contributed by atoms with E-state index in [0.29, 0.717) is 6.54 Å². The summed E-state index contributed by atoms with van der Waals surface area (Å²) in [6.45, 7) is 0.708. The van der Waals surface area contributed by atoms with Crippen molar-refractivity contribution in [3.05, 3.63) is 54.1 Å². The Balaban J connectivity index is 1.60. The highest BCUT2D eigenvalue weighted by Gasteiger charge is 2.43. The molecule has 0 saturated heterocycles. The number of ether oxygens (including phenoxy) is 2. The Morgan fingerprint density at radius 3 is 2.50 bits per heavy atom. The lowest BCUT2D eigenvalue weighted by molar-refractivity contribution is -0.286. The van der Waals surface area contributed by atoms with E-state index in [2.05, 4.69) is 14.8 Å². The summed E-state index contributed by atoms with van der Waals surface area (Å²) in [6.07, 6.45) is -2.71. The first-order valence-electron chi connectivity index (χ1n) is 6.30. The third kappa shape index (κ3) is 2.82. The Morgan fingerprint density at radius 1 is 0.950 bits per heavy atom. The van der Waals surface area contributed by atoms with Crippen molar-refractivity contribution in [2.24, 2.45) is 0 Å². The van der Waals surface area contributed by atoms with E-state index >= 15 is 0 Å². The first-order chi connectivity index (χ1) is 9.62. The van der Waals surface area contributed by atoms with Gasteiger partial charge < -0.3 is 14.8 Å². The smallest absolute Gasteiger partial charge is 0.395 e. The zero-order valence-electron chi connectivity index (χ0n) is 10.6. The van der Waals surface area contributed by atoms with E-state index in [4.69, 9.17) is 0 Å². The van der Waals surface area contributed by atoms with Gasteiger partial charge in [0.25, 0.3) is 0 Å². The van der Waals surface area contributed by atoms with Gasteiger partial charge in [-0.1, -0.05) is 30.3 Å². The fourth-order valence-corrected chi connectivity index (χ4v) is 2.05. The van der Waals surface area contributed by atoms with Gasteiger partial charge in [0, 0.05) is 18.3 Å². The van der Waals surface area contributed by atoms with Crippen LogP contribution in [0.1, 0.15) is 5.56 Å². The maximum Gasteiger partial charge on any atom is 0.586 e. The molecule has 20 heavy (non-hydrogen) atoms. The van der Waals surface area contributed by atoms with Crippen LogP contribution in [0.3, 0.4) is 0 Å². The predicted octanol–water partition coefficient (Wildman–Crippen LogP) is 3.66. The molecule has 1 N–H and O–H groups in total. The molecule has 0 atom stereocenters. The van der Waals surface area contributed by atoms with Crippen LogP contribution in [0.25, 0.3) is 0 Å². The first kappa shape index (κ1) is 12.7. The van der Waals surface area contributed by atoms with Gasteiger partial charge in [0.2, 0.25) is 0 Å². The molecule has 0 aliphatic carbocycles. The normalized spacial score (nSPS) is 15.1. The van der Waals surface area contributed by atoms with Gasteiger partial charge >= 0.3 is 6.29 Å². The van der Waals surface area contributed by atoms with E-state index in [1.165, 1.54) is 17.7 Å². The molecule has 1 aliphatic rings. The number of nitrogens with one attached hydrogen (secondary N) is 1. The van der Waals surface area contributed by atoms with Gasteiger partial charge in [-0.05, 0) is 24.1 Å². The zero-order chi connectivity index (χ0) is 14.0. The Labute approximate surface area is 115 Å². The van der Waals surface area contributed by atoms with Crippen LogP contribution < -0.4 is 14.8 Å². The maximum absolute atomic E-state index is 12.9. The molecule has 2 aromatic carbocycles. The second kappa shape index (κ2) is 5.00. The van der Waals surface area contributed by atoms with E-state index in [-0.39, 0.29) is 11.5 Å². The van der Waals surface area contributed by atoms with Crippen molar-refractivity contribution in [1.82, 2.24) is 0 Å². The molecular formula is C15H13F2NO2. The number of rotatable bonds is 4. The SMILES string of the molecule is FC1(F)Oc2ccc(NCCc3ccccc3)cc2O1.